The zero-order valence-corrected chi connectivity index (χ0v) is 24.7. The van der Waals surface area contributed by atoms with Crippen LogP contribution in [0.3, 0.4) is 0 Å². The maximum absolute atomic E-state index is 13.4. The molecule has 1 saturated carbocycles. The molecule has 0 aromatic carbocycles. The van der Waals surface area contributed by atoms with Gasteiger partial charge in [0.2, 0.25) is 5.60 Å². The Kier molecular flexibility index (Phi) is 9.96. The molecule has 0 radical (unpaired) electrons. The maximum atomic E-state index is 13.4. The Morgan fingerprint density at radius 2 is 1.98 bits per heavy atom. The first kappa shape index (κ1) is 32.5. The standard InChI is InChI=1S/C22H31N11O9S2/c23-6-3-7-25-21(38)26-8-12-9-27-32(30-12)10-14-16(18(35)33(14)44(39,40)41)29-17(34)15(13-11-43-20(24)28-13)31-42-22(19(36)37)4-1-2-5-22/h9,11,14,16H,1-8,10,23H2,(H2,24,28)(H,29,34)(H,36,37)(H2,25,26,38)(H,39,40,41)/b31-15-/t14-,16+/m1/s1. The van der Waals surface area contributed by atoms with Crippen molar-refractivity contribution in [3.63, 3.8) is 0 Å². The lowest BCUT2D eigenvalue weighted by atomic mass is 9.98. The maximum Gasteiger partial charge on any atom is 0.362 e. The van der Waals surface area contributed by atoms with Crippen molar-refractivity contribution < 1.29 is 42.1 Å². The van der Waals surface area contributed by atoms with Gasteiger partial charge in [0.1, 0.15) is 23.5 Å². The minimum absolute atomic E-state index is 0.0331. The Labute approximate surface area is 254 Å². The number of carboxylic acid groups (broad SMARTS) is 1. The van der Waals surface area contributed by atoms with Gasteiger partial charge in [-0.3, -0.25) is 14.1 Å². The number of nitrogens with zero attached hydrogens (tertiary/aromatic N) is 6. The summed E-state index contributed by atoms with van der Waals surface area (Å²) in [5.41, 5.74) is 9.13. The molecule has 9 N–H and O–H groups in total. The van der Waals surface area contributed by atoms with Crippen LogP contribution in [0.5, 0.6) is 0 Å². The minimum Gasteiger partial charge on any atom is -0.478 e. The van der Waals surface area contributed by atoms with Crippen LogP contribution in [0.2, 0.25) is 0 Å². The van der Waals surface area contributed by atoms with Crippen molar-refractivity contribution in [2.24, 2.45) is 10.9 Å². The second kappa shape index (κ2) is 13.5. The molecule has 0 bridgehead atoms. The number of oxime groups is 1. The van der Waals surface area contributed by atoms with E-state index < -0.39 is 64.1 Å². The van der Waals surface area contributed by atoms with E-state index in [1.165, 1.54) is 11.6 Å². The van der Waals surface area contributed by atoms with Gasteiger partial charge in [0, 0.05) is 24.8 Å². The molecule has 2 aromatic rings. The van der Waals surface area contributed by atoms with Gasteiger partial charge in [0.25, 0.3) is 11.8 Å². The molecular weight excluding hydrogens is 626 g/mol. The van der Waals surface area contributed by atoms with Gasteiger partial charge in [0.15, 0.2) is 10.8 Å². The number of carbonyl (C=O) groups is 4. The molecule has 2 fully saturated rings. The zero-order valence-electron chi connectivity index (χ0n) is 23.1. The molecule has 44 heavy (non-hydrogen) atoms. The highest BCUT2D eigenvalue weighted by atomic mass is 32.2. The fourth-order valence-corrected chi connectivity index (χ4v) is 6.00. The Balaban J connectivity index is 1.50. The molecule has 0 spiro atoms. The number of aromatic nitrogens is 4. The number of nitrogen functional groups attached to an aromatic ring is 1. The summed E-state index contributed by atoms with van der Waals surface area (Å²) in [7, 11) is -5.05. The molecule has 1 aliphatic carbocycles. The van der Waals surface area contributed by atoms with Gasteiger partial charge in [0.05, 0.1) is 19.3 Å². The summed E-state index contributed by atoms with van der Waals surface area (Å²) < 4.78 is 33.8. The van der Waals surface area contributed by atoms with Crippen LogP contribution in [0.25, 0.3) is 0 Å². The van der Waals surface area contributed by atoms with Gasteiger partial charge in [-0.2, -0.15) is 23.4 Å². The third-order valence-corrected chi connectivity index (χ3v) is 8.45. The van der Waals surface area contributed by atoms with E-state index in [4.69, 9.17) is 16.3 Å². The van der Waals surface area contributed by atoms with Crippen molar-refractivity contribution >= 4 is 56.3 Å². The van der Waals surface area contributed by atoms with Crippen LogP contribution in [0, 0.1) is 0 Å². The Morgan fingerprint density at radius 1 is 1.25 bits per heavy atom. The summed E-state index contributed by atoms with van der Waals surface area (Å²) >= 11 is 0.963. The number of aliphatic carboxylic acids is 1. The first-order valence-electron chi connectivity index (χ1n) is 13.3. The van der Waals surface area contributed by atoms with Crippen LogP contribution in [0.1, 0.15) is 43.5 Å². The highest BCUT2D eigenvalue weighted by molar-refractivity contribution is 7.84. The molecule has 4 rings (SSSR count). The molecule has 1 aliphatic heterocycles. The highest BCUT2D eigenvalue weighted by Gasteiger charge is 2.55. The van der Waals surface area contributed by atoms with Gasteiger partial charge in [-0.15, -0.1) is 11.3 Å². The summed E-state index contributed by atoms with van der Waals surface area (Å²) in [6.07, 6.45) is 3.32. The Hall–Kier alpha value is -4.41. The monoisotopic (exact) mass is 657 g/mol. The van der Waals surface area contributed by atoms with Crippen LogP contribution in [-0.4, -0.2) is 103 Å². The van der Waals surface area contributed by atoms with Gasteiger partial charge >= 0.3 is 22.3 Å². The fourth-order valence-electron chi connectivity index (χ4n) is 4.58. The van der Waals surface area contributed by atoms with Crippen molar-refractivity contribution in [2.75, 3.05) is 18.8 Å². The van der Waals surface area contributed by atoms with E-state index in [9.17, 15) is 37.3 Å². The van der Waals surface area contributed by atoms with Crippen molar-refractivity contribution in [3.8, 4) is 0 Å². The number of hydrogen-bond donors (Lipinski definition) is 7. The minimum atomic E-state index is -5.05. The number of urea groups is 1. The second-order valence-corrected chi connectivity index (χ2v) is 12.1. The molecule has 22 heteroatoms. The van der Waals surface area contributed by atoms with E-state index >= 15 is 0 Å². The third-order valence-electron chi connectivity index (χ3n) is 6.83. The number of carboxylic acids is 1. The normalized spacial score (nSPS) is 19.7. The lowest BCUT2D eigenvalue weighted by molar-refractivity contribution is -0.165. The molecular formula is C22H31N11O9S2. The number of nitrogens with two attached hydrogens (primary N) is 2. The van der Waals surface area contributed by atoms with Gasteiger partial charge < -0.3 is 37.4 Å². The van der Waals surface area contributed by atoms with Crippen LogP contribution in [-0.2, 0) is 42.6 Å². The molecule has 2 aliphatic rings. The largest absolute Gasteiger partial charge is 0.478 e. The van der Waals surface area contributed by atoms with Gasteiger partial charge in [-0.25, -0.2) is 18.9 Å². The van der Waals surface area contributed by atoms with Crippen LogP contribution in [0.15, 0.2) is 16.7 Å². The Morgan fingerprint density at radius 3 is 2.59 bits per heavy atom. The molecule has 0 unspecified atom stereocenters. The van der Waals surface area contributed by atoms with E-state index in [0.29, 0.717) is 32.4 Å². The van der Waals surface area contributed by atoms with E-state index in [1.54, 1.807) is 0 Å². The number of rotatable bonds is 14. The Bertz CT molecular complexity index is 1530. The molecule has 20 nitrogen and oxygen atoms in total. The first-order chi connectivity index (χ1) is 20.8. The summed E-state index contributed by atoms with van der Waals surface area (Å²) in [4.78, 5) is 60.3. The summed E-state index contributed by atoms with van der Waals surface area (Å²) in [5.74, 6) is -3.47. The quantitative estimate of drug-likeness (QED) is 0.0372. The fraction of sp³-hybridized carbons (Fsp3) is 0.545. The predicted molar refractivity (Wildman–Crippen MR) is 151 cm³/mol. The lowest BCUT2D eigenvalue weighted by Gasteiger charge is -2.43. The number of carbonyl (C=O) groups excluding carboxylic acids is 3. The molecule has 240 valence electrons. The third kappa shape index (κ3) is 7.38. The van der Waals surface area contributed by atoms with Crippen molar-refractivity contribution in [1.82, 2.24) is 40.2 Å². The average Bonchev–Trinajstić information content (AvgIpc) is 3.72. The van der Waals surface area contributed by atoms with Gasteiger partial charge in [-0.05, 0) is 25.8 Å². The number of nitrogens with one attached hydrogen (secondary N) is 3. The highest BCUT2D eigenvalue weighted by Crippen LogP contribution is 2.34. The SMILES string of the molecule is NCCCNC(=O)NCc1cnn(C[C@@H]2[C@H](NC(=O)/C(=N\OC3(C(=O)O)CCCC3)c3csc(N)n3)C(=O)N2S(=O)(=O)O)n1. The number of amides is 4. The molecule has 1 saturated heterocycles. The topological polar surface area (TPSA) is 299 Å². The lowest BCUT2D eigenvalue weighted by Crippen LogP contribution is -2.73. The van der Waals surface area contributed by atoms with Crippen molar-refractivity contribution in [3.05, 3.63) is 23.0 Å². The number of thiazole rings is 1. The van der Waals surface area contributed by atoms with E-state index in [2.05, 4.69) is 36.3 Å². The molecule has 2 atom stereocenters. The summed E-state index contributed by atoms with van der Waals surface area (Å²) in [6, 6.07) is -3.35. The van der Waals surface area contributed by atoms with Crippen LogP contribution in [0.4, 0.5) is 9.93 Å². The average molecular weight is 658 g/mol. The smallest absolute Gasteiger partial charge is 0.362 e. The van der Waals surface area contributed by atoms with Crippen LogP contribution >= 0.6 is 11.3 Å². The predicted octanol–water partition coefficient (Wildman–Crippen LogP) is -2.22. The van der Waals surface area contributed by atoms with Crippen molar-refractivity contribution in [2.45, 2.75) is 62.9 Å². The van der Waals surface area contributed by atoms with Crippen molar-refractivity contribution in [1.29, 1.82) is 0 Å². The number of β-lactam (4-membered cyclic amide) rings is 1. The number of hydrogen-bond acceptors (Lipinski definition) is 14. The molecule has 2 aromatic heterocycles. The zero-order chi connectivity index (χ0) is 32.1. The molecule has 3 heterocycles. The van der Waals surface area contributed by atoms with Gasteiger partial charge in [-0.1, -0.05) is 5.16 Å². The number of anilines is 1. The van der Waals surface area contributed by atoms with E-state index in [1.807, 2.05) is 0 Å². The van der Waals surface area contributed by atoms with E-state index in [-0.39, 0.29) is 40.2 Å². The second-order valence-electron chi connectivity index (χ2n) is 9.88. The first-order valence-corrected chi connectivity index (χ1v) is 15.6. The molecule has 4 amide bonds. The van der Waals surface area contributed by atoms with E-state index in [0.717, 1.165) is 16.1 Å². The summed E-state index contributed by atoms with van der Waals surface area (Å²) in [6.45, 7) is 0.355. The van der Waals surface area contributed by atoms with Crippen LogP contribution < -0.4 is 27.4 Å². The summed E-state index contributed by atoms with van der Waals surface area (Å²) in [5, 5.41) is 30.6.